The maximum absolute atomic E-state index is 12.0. The number of fused-ring (bicyclic) bond motifs is 1. The Hall–Kier alpha value is -2.37. The first-order valence-corrected chi connectivity index (χ1v) is 6.40. The zero-order valence-electron chi connectivity index (χ0n) is 11.0. The molecule has 0 bridgehead atoms. The van der Waals surface area contributed by atoms with Gasteiger partial charge in [0.2, 0.25) is 0 Å². The molecule has 1 aromatic carbocycles. The predicted molar refractivity (Wildman–Crippen MR) is 73.1 cm³/mol. The van der Waals surface area contributed by atoms with E-state index in [2.05, 4.69) is 11.9 Å². The van der Waals surface area contributed by atoms with Gasteiger partial charge in [-0.1, -0.05) is 6.92 Å². The summed E-state index contributed by atoms with van der Waals surface area (Å²) in [5.74, 6) is -1.07. The summed E-state index contributed by atoms with van der Waals surface area (Å²) in [4.78, 5) is 37.1. The van der Waals surface area contributed by atoms with E-state index in [-0.39, 0.29) is 11.0 Å². The van der Waals surface area contributed by atoms with Gasteiger partial charge in [0.15, 0.2) is 0 Å². The monoisotopic (exact) mass is 274 g/mol. The fourth-order valence-electron chi connectivity index (χ4n) is 2.32. The second-order valence-corrected chi connectivity index (χ2v) is 5.69. The van der Waals surface area contributed by atoms with Crippen LogP contribution in [-0.2, 0) is 6.54 Å². The highest BCUT2D eigenvalue weighted by Gasteiger charge is 2.38. The van der Waals surface area contributed by atoms with Crippen molar-refractivity contribution in [1.29, 1.82) is 0 Å². The molecule has 0 saturated heterocycles. The molecular formula is C14H14N2O4. The number of H-pyrrole nitrogens is 1. The lowest BCUT2D eigenvalue weighted by Crippen LogP contribution is -2.37. The number of nitrogens with zero attached hydrogens (tertiary/aromatic N) is 1. The highest BCUT2D eigenvalue weighted by Crippen LogP contribution is 2.46. The van der Waals surface area contributed by atoms with E-state index in [0.717, 1.165) is 12.8 Å². The quantitative estimate of drug-likeness (QED) is 0.822. The number of hydrogen-bond acceptors (Lipinski definition) is 3. The molecule has 1 aliphatic carbocycles. The molecule has 1 fully saturated rings. The van der Waals surface area contributed by atoms with E-state index in [1.807, 2.05) is 0 Å². The summed E-state index contributed by atoms with van der Waals surface area (Å²) in [5.41, 5.74) is -0.226. The van der Waals surface area contributed by atoms with E-state index >= 15 is 0 Å². The van der Waals surface area contributed by atoms with Gasteiger partial charge in [-0.15, -0.1) is 0 Å². The number of rotatable bonds is 3. The number of benzene rings is 1. The van der Waals surface area contributed by atoms with Gasteiger partial charge in [-0.25, -0.2) is 4.79 Å². The molecule has 0 aliphatic heterocycles. The lowest BCUT2D eigenvalue weighted by Gasteiger charge is -2.14. The molecule has 6 heteroatoms. The van der Waals surface area contributed by atoms with Crippen molar-refractivity contribution in [3.63, 3.8) is 0 Å². The summed E-state index contributed by atoms with van der Waals surface area (Å²) in [7, 11) is 0. The number of carboxylic acids is 1. The first kappa shape index (κ1) is 12.7. The van der Waals surface area contributed by atoms with E-state index < -0.39 is 17.1 Å². The second kappa shape index (κ2) is 4.06. The third kappa shape index (κ3) is 2.03. The molecule has 20 heavy (non-hydrogen) atoms. The van der Waals surface area contributed by atoms with Gasteiger partial charge < -0.3 is 14.7 Å². The molecule has 0 unspecified atom stereocenters. The summed E-state index contributed by atoms with van der Waals surface area (Å²) < 4.78 is 1.45. The number of hydrogen-bond donors (Lipinski definition) is 2. The van der Waals surface area contributed by atoms with Crippen LogP contribution in [-0.4, -0.2) is 20.6 Å². The van der Waals surface area contributed by atoms with E-state index in [4.69, 9.17) is 5.11 Å². The van der Waals surface area contributed by atoms with Gasteiger partial charge in [0.1, 0.15) is 0 Å². The number of aromatic amines is 1. The van der Waals surface area contributed by atoms with Crippen molar-refractivity contribution < 1.29 is 9.90 Å². The molecule has 104 valence electrons. The molecular weight excluding hydrogens is 260 g/mol. The lowest BCUT2D eigenvalue weighted by atomic mass is 10.1. The van der Waals surface area contributed by atoms with Crippen molar-refractivity contribution in [2.24, 2.45) is 5.41 Å². The van der Waals surface area contributed by atoms with Crippen LogP contribution in [0.1, 0.15) is 30.1 Å². The minimum absolute atomic E-state index is 0.0655. The molecule has 1 saturated carbocycles. The van der Waals surface area contributed by atoms with E-state index in [9.17, 15) is 14.4 Å². The summed E-state index contributed by atoms with van der Waals surface area (Å²) in [6.07, 6.45) is 2.06. The first-order chi connectivity index (χ1) is 9.39. The molecule has 1 aromatic heterocycles. The van der Waals surface area contributed by atoms with Gasteiger partial charge in [0, 0.05) is 6.54 Å². The largest absolute Gasteiger partial charge is 0.478 e. The molecule has 0 atom stereocenters. The Morgan fingerprint density at radius 3 is 2.70 bits per heavy atom. The van der Waals surface area contributed by atoms with Crippen molar-refractivity contribution in [1.82, 2.24) is 9.55 Å². The Bertz CT molecular complexity index is 827. The summed E-state index contributed by atoms with van der Waals surface area (Å²) in [6, 6.07) is 4.39. The van der Waals surface area contributed by atoms with Crippen molar-refractivity contribution in [2.75, 3.05) is 0 Å². The fraction of sp³-hybridized carbons (Fsp3) is 0.357. The van der Waals surface area contributed by atoms with E-state index in [1.165, 1.54) is 16.7 Å². The maximum atomic E-state index is 12.0. The molecule has 6 nitrogen and oxygen atoms in total. The fourth-order valence-corrected chi connectivity index (χ4v) is 2.32. The van der Waals surface area contributed by atoms with Crippen LogP contribution in [0.4, 0.5) is 0 Å². The zero-order chi connectivity index (χ0) is 14.5. The minimum atomic E-state index is -1.07. The third-order valence-corrected chi connectivity index (χ3v) is 3.87. The summed E-state index contributed by atoms with van der Waals surface area (Å²) in [6.45, 7) is 2.55. The standard InChI is InChI=1S/C14H14N2O4/c1-14(4-5-14)7-16-10-3-2-8(13(19)20)6-9(10)15-11(17)12(16)18/h2-3,6H,4-5,7H2,1H3,(H,15,17)(H,19,20). The molecule has 0 amide bonds. The van der Waals surface area contributed by atoms with Crippen molar-refractivity contribution in [2.45, 2.75) is 26.3 Å². The van der Waals surface area contributed by atoms with Gasteiger partial charge in [-0.2, -0.15) is 0 Å². The SMILES string of the molecule is CC1(Cn2c(=O)c(=O)[nH]c3cc(C(=O)O)ccc32)CC1. The van der Waals surface area contributed by atoms with Crippen molar-refractivity contribution in [3.05, 3.63) is 44.5 Å². The van der Waals surface area contributed by atoms with Crippen molar-refractivity contribution in [3.8, 4) is 0 Å². The number of nitrogens with one attached hydrogen (secondary N) is 1. The molecule has 1 heterocycles. The number of carbonyl (C=O) groups is 1. The van der Waals surface area contributed by atoms with Crippen LogP contribution in [0.2, 0.25) is 0 Å². The van der Waals surface area contributed by atoms with Crippen LogP contribution in [0, 0.1) is 5.41 Å². The molecule has 2 N–H and O–H groups in total. The third-order valence-electron chi connectivity index (χ3n) is 3.87. The lowest BCUT2D eigenvalue weighted by molar-refractivity contribution is 0.0697. The van der Waals surface area contributed by atoms with E-state index in [1.54, 1.807) is 6.07 Å². The van der Waals surface area contributed by atoms with Crippen LogP contribution < -0.4 is 11.1 Å². The Balaban J connectivity index is 2.26. The number of aromatic carboxylic acids is 1. The summed E-state index contributed by atoms with van der Waals surface area (Å²) in [5, 5.41) is 8.97. The second-order valence-electron chi connectivity index (χ2n) is 5.69. The highest BCUT2D eigenvalue weighted by atomic mass is 16.4. The number of carboxylic acid groups (broad SMARTS) is 1. The predicted octanol–water partition coefficient (Wildman–Crippen LogP) is 1.19. The van der Waals surface area contributed by atoms with Crippen LogP contribution >= 0.6 is 0 Å². The van der Waals surface area contributed by atoms with Crippen LogP contribution in [0.25, 0.3) is 11.0 Å². The molecule has 0 radical (unpaired) electrons. The summed E-state index contributed by atoms with van der Waals surface area (Å²) >= 11 is 0. The maximum Gasteiger partial charge on any atom is 0.335 e. The van der Waals surface area contributed by atoms with Crippen molar-refractivity contribution >= 4 is 17.0 Å². The Morgan fingerprint density at radius 1 is 1.40 bits per heavy atom. The molecule has 3 rings (SSSR count). The van der Waals surface area contributed by atoms with Crippen LogP contribution in [0.15, 0.2) is 27.8 Å². The topological polar surface area (TPSA) is 92.2 Å². The van der Waals surface area contributed by atoms with Gasteiger partial charge >= 0.3 is 17.1 Å². The normalized spacial score (nSPS) is 16.2. The zero-order valence-corrected chi connectivity index (χ0v) is 11.0. The molecule has 1 aliphatic rings. The smallest absolute Gasteiger partial charge is 0.335 e. The average molecular weight is 274 g/mol. The van der Waals surface area contributed by atoms with Gasteiger partial charge in [-0.3, -0.25) is 9.59 Å². The van der Waals surface area contributed by atoms with Gasteiger partial charge in [0.25, 0.3) is 0 Å². The van der Waals surface area contributed by atoms with Crippen LogP contribution in [0.3, 0.4) is 0 Å². The Kier molecular flexibility index (Phi) is 2.57. The van der Waals surface area contributed by atoms with Crippen LogP contribution in [0.5, 0.6) is 0 Å². The van der Waals surface area contributed by atoms with Gasteiger partial charge in [0.05, 0.1) is 16.6 Å². The molecule has 0 spiro atoms. The average Bonchev–Trinajstić information content (AvgIpc) is 3.12. The minimum Gasteiger partial charge on any atom is -0.478 e. The molecule has 2 aromatic rings. The van der Waals surface area contributed by atoms with E-state index in [0.29, 0.717) is 17.6 Å². The van der Waals surface area contributed by atoms with Gasteiger partial charge in [-0.05, 0) is 36.5 Å². The first-order valence-electron chi connectivity index (χ1n) is 6.40. The Morgan fingerprint density at radius 2 is 2.10 bits per heavy atom. The number of aromatic nitrogens is 2. The Labute approximate surface area is 113 Å². The highest BCUT2D eigenvalue weighted by molar-refractivity contribution is 5.92.